The van der Waals surface area contributed by atoms with E-state index in [4.69, 9.17) is 11.6 Å². The van der Waals surface area contributed by atoms with Crippen molar-refractivity contribution >= 4 is 11.6 Å². The van der Waals surface area contributed by atoms with Gasteiger partial charge in [-0.2, -0.15) is 0 Å². The SMILES string of the molecule is FC(F)(F)Oc1c(Cl)cccc1-c1ccncn1. The second-order valence-electron chi connectivity index (χ2n) is 3.26. The molecule has 0 spiro atoms. The average Bonchev–Trinajstić information content (AvgIpc) is 2.31. The molecule has 0 unspecified atom stereocenters. The second-order valence-corrected chi connectivity index (χ2v) is 3.67. The number of alkyl halides is 3. The van der Waals surface area contributed by atoms with E-state index in [1.54, 1.807) is 0 Å². The quantitative estimate of drug-likeness (QED) is 0.837. The van der Waals surface area contributed by atoms with Gasteiger partial charge in [0, 0.05) is 11.8 Å². The number of rotatable bonds is 2. The van der Waals surface area contributed by atoms with Crippen LogP contribution in [0.15, 0.2) is 36.8 Å². The zero-order valence-corrected chi connectivity index (χ0v) is 9.53. The highest BCUT2D eigenvalue weighted by molar-refractivity contribution is 6.32. The summed E-state index contributed by atoms with van der Waals surface area (Å²) in [6.45, 7) is 0. The van der Waals surface area contributed by atoms with Crippen LogP contribution in [0.1, 0.15) is 0 Å². The number of hydrogen-bond donors (Lipinski definition) is 0. The molecule has 0 aliphatic carbocycles. The maximum absolute atomic E-state index is 12.3. The molecule has 18 heavy (non-hydrogen) atoms. The van der Waals surface area contributed by atoms with Gasteiger partial charge in [0.2, 0.25) is 0 Å². The van der Waals surface area contributed by atoms with Gasteiger partial charge in [-0.05, 0) is 18.2 Å². The van der Waals surface area contributed by atoms with Crippen molar-refractivity contribution in [1.82, 2.24) is 9.97 Å². The van der Waals surface area contributed by atoms with Crippen molar-refractivity contribution in [2.45, 2.75) is 6.36 Å². The minimum atomic E-state index is -4.81. The van der Waals surface area contributed by atoms with Crippen molar-refractivity contribution in [3.05, 3.63) is 41.8 Å². The molecule has 0 N–H and O–H groups in total. The Bertz CT molecular complexity index is 546. The fourth-order valence-electron chi connectivity index (χ4n) is 1.38. The van der Waals surface area contributed by atoms with Crippen molar-refractivity contribution in [1.29, 1.82) is 0 Å². The van der Waals surface area contributed by atoms with E-state index >= 15 is 0 Å². The van der Waals surface area contributed by atoms with Crippen LogP contribution in [0.4, 0.5) is 13.2 Å². The summed E-state index contributed by atoms with van der Waals surface area (Å²) in [5.41, 5.74) is 0.453. The first-order valence-corrected chi connectivity index (χ1v) is 5.16. The Balaban J connectivity index is 2.51. The summed E-state index contributed by atoms with van der Waals surface area (Å²) in [7, 11) is 0. The highest BCUT2D eigenvalue weighted by Gasteiger charge is 2.33. The fraction of sp³-hybridized carbons (Fsp3) is 0.0909. The highest BCUT2D eigenvalue weighted by Crippen LogP contribution is 2.38. The van der Waals surface area contributed by atoms with Gasteiger partial charge in [0.1, 0.15) is 6.33 Å². The summed E-state index contributed by atoms with van der Waals surface area (Å²) in [6, 6.07) is 5.74. The van der Waals surface area contributed by atoms with E-state index < -0.39 is 12.1 Å². The van der Waals surface area contributed by atoms with E-state index in [2.05, 4.69) is 14.7 Å². The molecule has 0 saturated heterocycles. The molecule has 1 aromatic heterocycles. The molecule has 0 aliphatic heterocycles. The highest BCUT2D eigenvalue weighted by atomic mass is 35.5. The number of hydrogen-bond acceptors (Lipinski definition) is 3. The van der Waals surface area contributed by atoms with Crippen molar-refractivity contribution < 1.29 is 17.9 Å². The van der Waals surface area contributed by atoms with E-state index in [0.717, 1.165) is 0 Å². The average molecular weight is 275 g/mol. The predicted octanol–water partition coefficient (Wildman–Crippen LogP) is 3.70. The smallest absolute Gasteiger partial charge is 0.403 e. The van der Waals surface area contributed by atoms with Crippen molar-refractivity contribution in [3.8, 4) is 17.0 Å². The lowest BCUT2D eigenvalue weighted by Gasteiger charge is -2.14. The number of para-hydroxylation sites is 1. The lowest BCUT2D eigenvalue weighted by Crippen LogP contribution is -2.18. The Morgan fingerprint density at radius 3 is 2.56 bits per heavy atom. The van der Waals surface area contributed by atoms with Crippen LogP contribution in [-0.4, -0.2) is 16.3 Å². The van der Waals surface area contributed by atoms with Crippen LogP contribution in [0, 0.1) is 0 Å². The molecule has 0 amide bonds. The first-order valence-electron chi connectivity index (χ1n) is 4.78. The van der Waals surface area contributed by atoms with E-state index in [9.17, 15) is 13.2 Å². The van der Waals surface area contributed by atoms with Gasteiger partial charge in [-0.25, -0.2) is 9.97 Å². The number of nitrogens with zero attached hydrogens (tertiary/aromatic N) is 2. The zero-order chi connectivity index (χ0) is 13.2. The van der Waals surface area contributed by atoms with Crippen LogP contribution < -0.4 is 4.74 Å². The summed E-state index contributed by atoms with van der Waals surface area (Å²) < 4.78 is 40.8. The molecule has 0 aliphatic rings. The van der Waals surface area contributed by atoms with Crippen LogP contribution in [0.2, 0.25) is 5.02 Å². The molecular weight excluding hydrogens is 269 g/mol. The molecule has 0 saturated carbocycles. The van der Waals surface area contributed by atoms with Gasteiger partial charge in [0.25, 0.3) is 0 Å². The summed E-state index contributed by atoms with van der Waals surface area (Å²) >= 11 is 5.72. The summed E-state index contributed by atoms with van der Waals surface area (Å²) in [6.07, 6.45) is -2.17. The maximum atomic E-state index is 12.3. The Hall–Kier alpha value is -1.82. The van der Waals surface area contributed by atoms with Gasteiger partial charge in [-0.15, -0.1) is 13.2 Å². The van der Waals surface area contributed by atoms with Gasteiger partial charge in [0.05, 0.1) is 10.7 Å². The Labute approximate surface area is 105 Å². The van der Waals surface area contributed by atoms with Crippen molar-refractivity contribution in [2.24, 2.45) is 0 Å². The van der Waals surface area contributed by atoms with Gasteiger partial charge in [-0.1, -0.05) is 17.7 Å². The Morgan fingerprint density at radius 1 is 1.17 bits per heavy atom. The van der Waals surface area contributed by atoms with E-state index in [0.29, 0.717) is 5.69 Å². The molecule has 0 bridgehead atoms. The lowest BCUT2D eigenvalue weighted by atomic mass is 10.1. The molecule has 1 heterocycles. The first kappa shape index (κ1) is 12.6. The van der Waals surface area contributed by atoms with Crippen molar-refractivity contribution in [2.75, 3.05) is 0 Å². The fourth-order valence-corrected chi connectivity index (χ4v) is 1.59. The normalized spacial score (nSPS) is 11.3. The molecular formula is C11H6ClF3N2O. The van der Waals surface area contributed by atoms with Crippen LogP contribution in [0.3, 0.4) is 0 Å². The monoisotopic (exact) mass is 274 g/mol. The van der Waals surface area contributed by atoms with Crippen LogP contribution >= 0.6 is 11.6 Å². The predicted molar refractivity (Wildman–Crippen MR) is 59.2 cm³/mol. The molecule has 94 valence electrons. The minimum absolute atomic E-state index is 0.136. The molecule has 0 radical (unpaired) electrons. The number of benzene rings is 1. The van der Waals surface area contributed by atoms with Crippen LogP contribution in [-0.2, 0) is 0 Å². The third kappa shape index (κ3) is 2.89. The van der Waals surface area contributed by atoms with E-state index in [1.165, 1.54) is 36.8 Å². The Kier molecular flexibility index (Phi) is 3.38. The standard InChI is InChI=1S/C11H6ClF3N2O/c12-8-3-1-2-7(9-4-5-16-6-17-9)10(8)18-11(13,14)15/h1-6H. The van der Waals surface area contributed by atoms with E-state index in [1.807, 2.05) is 0 Å². The summed E-state index contributed by atoms with van der Waals surface area (Å²) in [5.74, 6) is -0.467. The minimum Gasteiger partial charge on any atom is -0.403 e. The molecule has 1 aromatic carbocycles. The first-order chi connectivity index (χ1) is 8.47. The lowest BCUT2D eigenvalue weighted by molar-refractivity contribution is -0.274. The number of halogens is 4. The van der Waals surface area contributed by atoms with Crippen LogP contribution in [0.25, 0.3) is 11.3 Å². The molecule has 3 nitrogen and oxygen atoms in total. The van der Waals surface area contributed by atoms with Gasteiger partial charge in [-0.3, -0.25) is 0 Å². The topological polar surface area (TPSA) is 35.0 Å². The molecule has 0 atom stereocenters. The van der Waals surface area contributed by atoms with E-state index in [-0.39, 0.29) is 10.6 Å². The zero-order valence-electron chi connectivity index (χ0n) is 8.78. The molecule has 7 heteroatoms. The summed E-state index contributed by atoms with van der Waals surface area (Å²) in [5, 5.41) is -0.136. The van der Waals surface area contributed by atoms with Gasteiger partial charge in [0.15, 0.2) is 5.75 Å². The van der Waals surface area contributed by atoms with Gasteiger partial charge < -0.3 is 4.74 Å². The number of ether oxygens (including phenoxy) is 1. The second kappa shape index (κ2) is 4.81. The van der Waals surface area contributed by atoms with Gasteiger partial charge >= 0.3 is 6.36 Å². The Morgan fingerprint density at radius 2 is 1.94 bits per heavy atom. The molecule has 0 fully saturated rings. The maximum Gasteiger partial charge on any atom is 0.573 e. The van der Waals surface area contributed by atoms with Crippen LogP contribution in [0.5, 0.6) is 5.75 Å². The molecule has 2 aromatic rings. The summed E-state index contributed by atoms with van der Waals surface area (Å²) in [4.78, 5) is 7.55. The third-order valence-electron chi connectivity index (χ3n) is 2.04. The van der Waals surface area contributed by atoms with Crippen molar-refractivity contribution in [3.63, 3.8) is 0 Å². The largest absolute Gasteiger partial charge is 0.573 e. The number of aromatic nitrogens is 2. The third-order valence-corrected chi connectivity index (χ3v) is 2.34. The molecule has 2 rings (SSSR count).